The average molecular weight is 272 g/mol. The molecule has 1 aromatic carbocycles. The predicted molar refractivity (Wildman–Crippen MR) is 50.5 cm³/mol. The van der Waals surface area contributed by atoms with Crippen LogP contribution in [-0.4, -0.2) is 16.9 Å². The molecule has 15 heavy (non-hydrogen) atoms. The quantitative estimate of drug-likeness (QED) is 0.336. The largest absolute Gasteiger partial charge is 0.386 e. The summed E-state index contributed by atoms with van der Waals surface area (Å²) in [5.41, 5.74) is -0.327. The number of benzene rings is 1. The van der Waals surface area contributed by atoms with Gasteiger partial charge in [0.15, 0.2) is 0 Å². The molecule has 0 N–H and O–H groups in total. The lowest BCUT2D eigenvalue weighted by Crippen LogP contribution is -1.98. The van der Waals surface area contributed by atoms with Crippen molar-refractivity contribution in [1.82, 2.24) is 0 Å². The van der Waals surface area contributed by atoms with Gasteiger partial charge in [-0.15, -0.1) is 0 Å². The van der Waals surface area contributed by atoms with Gasteiger partial charge in [0.2, 0.25) is 0 Å². The lowest BCUT2D eigenvalue weighted by molar-refractivity contribution is -0.385. The van der Waals surface area contributed by atoms with Crippen LogP contribution >= 0.6 is 15.9 Å². The molecule has 1 heterocycles. The molecule has 0 unspecified atom stereocenters. The summed E-state index contributed by atoms with van der Waals surface area (Å²) in [6.07, 6.45) is 0. The fourth-order valence-electron chi connectivity index (χ4n) is 1.27. The Morgan fingerprint density at radius 1 is 1.27 bits per heavy atom. The van der Waals surface area contributed by atoms with Crippen molar-refractivity contribution in [3.05, 3.63) is 37.8 Å². The maximum atomic E-state index is 11.2. The van der Waals surface area contributed by atoms with Gasteiger partial charge in [0.25, 0.3) is 5.69 Å². The first kappa shape index (κ1) is 9.78. The fourth-order valence-corrected chi connectivity index (χ4v) is 1.92. The second-order valence-electron chi connectivity index (χ2n) is 2.76. The summed E-state index contributed by atoms with van der Waals surface area (Å²) in [5, 5.41) is 10.5. The van der Waals surface area contributed by atoms with Crippen molar-refractivity contribution < 1.29 is 19.2 Å². The number of carbonyl (C=O) groups excluding carboxylic acids is 2. The molecular formula is C8H2BrNO5. The van der Waals surface area contributed by atoms with Crippen molar-refractivity contribution in [2.24, 2.45) is 0 Å². The van der Waals surface area contributed by atoms with Crippen LogP contribution in [0, 0.1) is 10.1 Å². The maximum absolute atomic E-state index is 11.2. The van der Waals surface area contributed by atoms with Crippen LogP contribution in [0.15, 0.2) is 16.6 Å². The highest BCUT2D eigenvalue weighted by Crippen LogP contribution is 2.34. The number of nitro benzene ring substituents is 1. The van der Waals surface area contributed by atoms with Gasteiger partial charge in [-0.25, -0.2) is 9.59 Å². The van der Waals surface area contributed by atoms with Crippen LogP contribution in [0.1, 0.15) is 20.7 Å². The first-order chi connectivity index (χ1) is 7.02. The molecule has 0 saturated heterocycles. The number of halogens is 1. The molecule has 1 aromatic rings. The summed E-state index contributed by atoms with van der Waals surface area (Å²) in [7, 11) is 0. The van der Waals surface area contributed by atoms with Crippen LogP contribution < -0.4 is 0 Å². The molecule has 76 valence electrons. The van der Waals surface area contributed by atoms with Crippen LogP contribution in [0.5, 0.6) is 0 Å². The monoisotopic (exact) mass is 271 g/mol. The summed E-state index contributed by atoms with van der Waals surface area (Å²) in [6, 6.07) is 2.34. The van der Waals surface area contributed by atoms with Crippen LogP contribution in [0.4, 0.5) is 5.69 Å². The van der Waals surface area contributed by atoms with Gasteiger partial charge >= 0.3 is 11.9 Å². The Labute approximate surface area is 91.1 Å². The van der Waals surface area contributed by atoms with Gasteiger partial charge < -0.3 is 4.74 Å². The number of ether oxygens (including phenoxy) is 1. The van der Waals surface area contributed by atoms with Gasteiger partial charge in [0, 0.05) is 6.07 Å². The van der Waals surface area contributed by atoms with Crippen molar-refractivity contribution >= 4 is 33.6 Å². The maximum Gasteiger partial charge on any atom is 0.348 e. The lowest BCUT2D eigenvalue weighted by atomic mass is 10.1. The number of hydrogen-bond donors (Lipinski definition) is 0. The minimum Gasteiger partial charge on any atom is -0.386 e. The molecule has 7 heteroatoms. The highest BCUT2D eigenvalue weighted by Gasteiger charge is 2.35. The molecule has 0 amide bonds. The van der Waals surface area contributed by atoms with Gasteiger partial charge in [-0.2, -0.15) is 0 Å². The molecule has 0 spiro atoms. The minimum absolute atomic E-state index is 0.0270. The molecule has 0 aliphatic carbocycles. The van der Waals surface area contributed by atoms with Crippen molar-refractivity contribution in [1.29, 1.82) is 0 Å². The summed E-state index contributed by atoms with van der Waals surface area (Å²) < 4.78 is 4.29. The molecule has 1 aliphatic rings. The Kier molecular flexibility index (Phi) is 2.04. The topological polar surface area (TPSA) is 86.5 Å². The lowest BCUT2D eigenvalue weighted by Gasteiger charge is -1.97. The van der Waals surface area contributed by atoms with Crippen molar-refractivity contribution in [3.63, 3.8) is 0 Å². The number of rotatable bonds is 1. The number of esters is 2. The van der Waals surface area contributed by atoms with Crippen molar-refractivity contribution in [2.45, 2.75) is 0 Å². The van der Waals surface area contributed by atoms with E-state index in [0.717, 1.165) is 6.07 Å². The smallest absolute Gasteiger partial charge is 0.348 e. The van der Waals surface area contributed by atoms with Gasteiger partial charge in [-0.3, -0.25) is 10.1 Å². The van der Waals surface area contributed by atoms with Crippen LogP contribution in [0.25, 0.3) is 0 Å². The number of hydrogen-bond acceptors (Lipinski definition) is 5. The first-order valence-electron chi connectivity index (χ1n) is 3.75. The zero-order chi connectivity index (χ0) is 11.2. The number of fused-ring (bicyclic) bond motifs is 1. The number of cyclic esters (lactones) is 2. The average Bonchev–Trinajstić information content (AvgIpc) is 2.43. The van der Waals surface area contributed by atoms with Crippen LogP contribution in [-0.2, 0) is 4.74 Å². The number of nitrogens with zero attached hydrogens (tertiary/aromatic N) is 1. The van der Waals surface area contributed by atoms with Crippen molar-refractivity contribution in [2.75, 3.05) is 0 Å². The molecule has 6 nitrogen and oxygen atoms in total. The summed E-state index contributed by atoms with van der Waals surface area (Å²) >= 11 is 2.91. The molecule has 0 radical (unpaired) electrons. The van der Waals surface area contributed by atoms with E-state index in [0.29, 0.717) is 0 Å². The van der Waals surface area contributed by atoms with E-state index in [-0.39, 0.29) is 21.3 Å². The van der Waals surface area contributed by atoms with Gasteiger partial charge in [0.1, 0.15) is 4.47 Å². The van der Waals surface area contributed by atoms with E-state index < -0.39 is 16.9 Å². The third kappa shape index (κ3) is 1.32. The molecule has 1 aliphatic heterocycles. The van der Waals surface area contributed by atoms with Crippen LogP contribution in [0.3, 0.4) is 0 Å². The van der Waals surface area contributed by atoms with Gasteiger partial charge in [-0.05, 0) is 22.0 Å². The number of carbonyl (C=O) groups is 2. The molecule has 2 rings (SSSR count). The molecule has 0 atom stereocenters. The van der Waals surface area contributed by atoms with E-state index in [9.17, 15) is 19.7 Å². The summed E-state index contributed by atoms with van der Waals surface area (Å²) in [4.78, 5) is 32.1. The van der Waals surface area contributed by atoms with E-state index in [1.807, 2.05) is 0 Å². The zero-order valence-corrected chi connectivity index (χ0v) is 8.61. The standard InChI is InChI=1S/C8H2BrNO5/c9-6-4(10(13)14)2-1-3-5(6)8(12)15-7(3)11/h1-2H. The Morgan fingerprint density at radius 3 is 2.53 bits per heavy atom. The van der Waals surface area contributed by atoms with Crippen LogP contribution in [0.2, 0.25) is 0 Å². The third-order valence-electron chi connectivity index (χ3n) is 1.93. The van der Waals surface area contributed by atoms with Crippen molar-refractivity contribution in [3.8, 4) is 0 Å². The zero-order valence-electron chi connectivity index (χ0n) is 7.02. The normalized spacial score (nSPS) is 13.7. The molecule has 0 bridgehead atoms. The molecule has 0 saturated carbocycles. The van der Waals surface area contributed by atoms with E-state index >= 15 is 0 Å². The second-order valence-corrected chi connectivity index (χ2v) is 3.55. The van der Waals surface area contributed by atoms with Gasteiger partial charge in [-0.1, -0.05) is 0 Å². The number of nitro groups is 1. The second kappa shape index (κ2) is 3.13. The molecular weight excluding hydrogens is 270 g/mol. The Hall–Kier alpha value is -1.76. The SMILES string of the molecule is O=C1OC(=O)c2c1ccc([N+](=O)[O-])c2Br. The van der Waals surface area contributed by atoms with E-state index in [1.54, 1.807) is 0 Å². The highest BCUT2D eigenvalue weighted by atomic mass is 79.9. The first-order valence-corrected chi connectivity index (χ1v) is 4.55. The third-order valence-corrected chi connectivity index (χ3v) is 2.73. The Morgan fingerprint density at radius 2 is 1.93 bits per heavy atom. The van der Waals surface area contributed by atoms with E-state index in [4.69, 9.17) is 0 Å². The highest BCUT2D eigenvalue weighted by molar-refractivity contribution is 9.10. The van der Waals surface area contributed by atoms with Gasteiger partial charge in [0.05, 0.1) is 16.1 Å². The van der Waals surface area contributed by atoms with E-state index in [1.165, 1.54) is 6.07 Å². The minimum atomic E-state index is -0.870. The molecule has 0 aromatic heterocycles. The summed E-state index contributed by atoms with van der Waals surface area (Å²) in [5.74, 6) is -1.66. The molecule has 0 fully saturated rings. The summed E-state index contributed by atoms with van der Waals surface area (Å²) in [6.45, 7) is 0. The fraction of sp³-hybridized carbons (Fsp3) is 0. The van der Waals surface area contributed by atoms with E-state index in [2.05, 4.69) is 20.7 Å². The Bertz CT molecular complexity index is 510. The predicted octanol–water partition coefficient (Wildman–Crippen LogP) is 1.67. The Balaban J connectivity index is 2.74.